The summed E-state index contributed by atoms with van der Waals surface area (Å²) in [6, 6.07) is 0. The van der Waals surface area contributed by atoms with Crippen LogP contribution in [0.15, 0.2) is 0 Å². The number of nitrogens with one attached hydrogen (secondary N) is 1. The first-order valence-corrected chi connectivity index (χ1v) is 7.91. The van der Waals surface area contributed by atoms with E-state index in [-0.39, 0.29) is 12.0 Å². The molecule has 0 saturated carbocycles. The maximum atomic E-state index is 9.27. The van der Waals surface area contributed by atoms with Gasteiger partial charge in [0.1, 0.15) is 0 Å². The van der Waals surface area contributed by atoms with Gasteiger partial charge in [0.2, 0.25) is 0 Å². The van der Waals surface area contributed by atoms with Crippen LogP contribution in [0.2, 0.25) is 0 Å². The van der Waals surface area contributed by atoms with Crippen LogP contribution in [-0.4, -0.2) is 47.3 Å². The van der Waals surface area contributed by atoms with Crippen LogP contribution in [0.4, 0.5) is 0 Å². The lowest BCUT2D eigenvalue weighted by atomic mass is 9.89. The van der Waals surface area contributed by atoms with E-state index in [9.17, 15) is 5.11 Å². The number of aliphatic hydroxyl groups is 1. The molecule has 1 saturated heterocycles. The van der Waals surface area contributed by atoms with Gasteiger partial charge in [-0.3, -0.25) is 0 Å². The Morgan fingerprint density at radius 3 is 2.80 bits per heavy atom. The van der Waals surface area contributed by atoms with Gasteiger partial charge in [-0.25, -0.2) is 0 Å². The quantitative estimate of drug-likeness (QED) is 0.752. The van der Waals surface area contributed by atoms with Gasteiger partial charge in [-0.1, -0.05) is 13.8 Å². The number of thioether (sulfide) groups is 2. The molecule has 15 heavy (non-hydrogen) atoms. The van der Waals surface area contributed by atoms with Crippen LogP contribution in [0, 0.1) is 5.41 Å². The second-order valence-corrected chi connectivity index (χ2v) is 7.08. The number of aliphatic hydroxyl groups excluding tert-OH is 1. The monoisotopic (exact) mass is 249 g/mol. The summed E-state index contributed by atoms with van der Waals surface area (Å²) in [4.78, 5) is 0. The molecule has 1 rings (SSSR count). The molecule has 1 aliphatic rings. The Labute approximate surface area is 102 Å². The molecular formula is C11H23NOS2. The molecule has 0 aromatic carbocycles. The molecule has 1 fully saturated rings. The van der Waals surface area contributed by atoms with Crippen molar-refractivity contribution in [1.82, 2.24) is 5.32 Å². The summed E-state index contributed by atoms with van der Waals surface area (Å²) >= 11 is 4.15. The molecule has 0 aromatic heterocycles. The molecule has 0 aromatic rings. The van der Waals surface area contributed by atoms with Gasteiger partial charge in [0.15, 0.2) is 0 Å². The van der Waals surface area contributed by atoms with Crippen LogP contribution in [0.1, 0.15) is 20.3 Å². The molecule has 90 valence electrons. The average Bonchev–Trinajstić information content (AvgIpc) is 2.30. The van der Waals surface area contributed by atoms with Crippen molar-refractivity contribution in [2.75, 3.05) is 37.0 Å². The topological polar surface area (TPSA) is 32.3 Å². The molecule has 0 amide bonds. The number of hydrogen-bond acceptors (Lipinski definition) is 4. The second kappa shape index (κ2) is 7.05. The highest BCUT2D eigenvalue weighted by atomic mass is 32.2. The molecule has 0 aliphatic carbocycles. The zero-order valence-electron chi connectivity index (χ0n) is 9.79. The average molecular weight is 249 g/mol. The SMILES string of the molecule is CCC(C)(CO)CNCC1CSCCS1. The highest BCUT2D eigenvalue weighted by Crippen LogP contribution is 2.24. The molecule has 0 spiro atoms. The summed E-state index contributed by atoms with van der Waals surface area (Å²) in [5.74, 6) is 3.88. The van der Waals surface area contributed by atoms with Crippen LogP contribution in [0.25, 0.3) is 0 Å². The van der Waals surface area contributed by atoms with Gasteiger partial charge < -0.3 is 10.4 Å². The Kier molecular flexibility index (Phi) is 6.43. The van der Waals surface area contributed by atoms with E-state index >= 15 is 0 Å². The highest BCUT2D eigenvalue weighted by molar-refractivity contribution is 8.06. The Balaban J connectivity index is 2.14. The van der Waals surface area contributed by atoms with E-state index in [0.717, 1.165) is 24.8 Å². The fraction of sp³-hybridized carbons (Fsp3) is 1.00. The van der Waals surface area contributed by atoms with Gasteiger partial charge in [0.05, 0.1) is 0 Å². The molecule has 1 heterocycles. The van der Waals surface area contributed by atoms with Crippen LogP contribution in [-0.2, 0) is 0 Å². The smallest absolute Gasteiger partial charge is 0.0496 e. The van der Waals surface area contributed by atoms with Gasteiger partial charge in [-0.2, -0.15) is 23.5 Å². The van der Waals surface area contributed by atoms with Gasteiger partial charge in [-0.05, 0) is 6.42 Å². The zero-order valence-corrected chi connectivity index (χ0v) is 11.4. The molecule has 0 bridgehead atoms. The summed E-state index contributed by atoms with van der Waals surface area (Å²) in [7, 11) is 0. The van der Waals surface area contributed by atoms with Crippen molar-refractivity contribution >= 4 is 23.5 Å². The fourth-order valence-electron chi connectivity index (χ4n) is 1.48. The van der Waals surface area contributed by atoms with Crippen molar-refractivity contribution in [3.63, 3.8) is 0 Å². The summed E-state index contributed by atoms with van der Waals surface area (Å²) < 4.78 is 0. The van der Waals surface area contributed by atoms with Crippen LogP contribution >= 0.6 is 23.5 Å². The van der Waals surface area contributed by atoms with E-state index in [1.165, 1.54) is 17.3 Å². The Morgan fingerprint density at radius 2 is 2.27 bits per heavy atom. The van der Waals surface area contributed by atoms with E-state index in [1.54, 1.807) is 0 Å². The fourth-order valence-corrected chi connectivity index (χ4v) is 4.13. The lowest BCUT2D eigenvalue weighted by molar-refractivity contribution is 0.136. The van der Waals surface area contributed by atoms with Gasteiger partial charge in [-0.15, -0.1) is 0 Å². The van der Waals surface area contributed by atoms with E-state index in [4.69, 9.17) is 0 Å². The first kappa shape index (κ1) is 13.7. The molecule has 0 radical (unpaired) electrons. The third-order valence-corrected chi connectivity index (χ3v) is 5.89. The maximum Gasteiger partial charge on any atom is 0.0496 e. The van der Waals surface area contributed by atoms with Crippen molar-refractivity contribution in [2.24, 2.45) is 5.41 Å². The van der Waals surface area contributed by atoms with E-state index < -0.39 is 0 Å². The Hall–Kier alpha value is 0.620. The van der Waals surface area contributed by atoms with Crippen molar-refractivity contribution in [3.8, 4) is 0 Å². The minimum atomic E-state index is 0.0620. The molecule has 2 nitrogen and oxygen atoms in total. The van der Waals surface area contributed by atoms with Gasteiger partial charge >= 0.3 is 0 Å². The standard InChI is InChI=1S/C11H23NOS2/c1-3-11(2,9-13)8-12-6-10-7-14-4-5-15-10/h10,12-13H,3-9H2,1-2H3. The number of hydrogen-bond donors (Lipinski definition) is 2. The third kappa shape index (κ3) is 4.98. The minimum Gasteiger partial charge on any atom is -0.396 e. The van der Waals surface area contributed by atoms with Crippen LogP contribution in [0.3, 0.4) is 0 Å². The van der Waals surface area contributed by atoms with Crippen molar-refractivity contribution < 1.29 is 5.11 Å². The van der Waals surface area contributed by atoms with E-state index in [0.29, 0.717) is 0 Å². The zero-order chi connectivity index (χ0) is 11.1. The largest absolute Gasteiger partial charge is 0.396 e. The molecule has 2 unspecified atom stereocenters. The molecule has 2 atom stereocenters. The van der Waals surface area contributed by atoms with Gasteiger partial charge in [0, 0.05) is 47.6 Å². The first-order valence-electron chi connectivity index (χ1n) is 5.71. The first-order chi connectivity index (χ1) is 7.20. The summed E-state index contributed by atoms with van der Waals surface area (Å²) in [5.41, 5.74) is 0.0620. The van der Waals surface area contributed by atoms with Crippen LogP contribution in [0.5, 0.6) is 0 Å². The lowest BCUT2D eigenvalue weighted by Gasteiger charge is -2.28. The Morgan fingerprint density at radius 1 is 1.47 bits per heavy atom. The lowest BCUT2D eigenvalue weighted by Crippen LogP contribution is -2.38. The van der Waals surface area contributed by atoms with Crippen molar-refractivity contribution in [3.05, 3.63) is 0 Å². The minimum absolute atomic E-state index is 0.0620. The van der Waals surface area contributed by atoms with E-state index in [1.807, 2.05) is 0 Å². The molecule has 1 aliphatic heterocycles. The Bertz CT molecular complexity index is 168. The molecule has 4 heteroatoms. The predicted molar refractivity (Wildman–Crippen MR) is 71.9 cm³/mol. The number of rotatable bonds is 6. The highest BCUT2D eigenvalue weighted by Gasteiger charge is 2.21. The molecular weight excluding hydrogens is 226 g/mol. The van der Waals surface area contributed by atoms with Crippen molar-refractivity contribution in [1.29, 1.82) is 0 Å². The normalized spacial score (nSPS) is 26.2. The van der Waals surface area contributed by atoms with Crippen LogP contribution < -0.4 is 5.32 Å². The molecule has 2 N–H and O–H groups in total. The summed E-state index contributed by atoms with van der Waals surface area (Å²) in [5, 5.41) is 13.5. The maximum absolute atomic E-state index is 9.27. The van der Waals surface area contributed by atoms with Crippen molar-refractivity contribution in [2.45, 2.75) is 25.5 Å². The predicted octanol–water partition coefficient (Wildman–Crippen LogP) is 1.83. The van der Waals surface area contributed by atoms with Gasteiger partial charge in [0.25, 0.3) is 0 Å². The third-order valence-electron chi connectivity index (χ3n) is 3.04. The van der Waals surface area contributed by atoms with E-state index in [2.05, 4.69) is 42.7 Å². The summed E-state index contributed by atoms with van der Waals surface area (Å²) in [6.07, 6.45) is 1.03. The summed E-state index contributed by atoms with van der Waals surface area (Å²) in [6.45, 7) is 6.59. The second-order valence-electron chi connectivity index (χ2n) is 4.52.